The topological polar surface area (TPSA) is 105 Å². The average Bonchev–Trinajstić information content (AvgIpc) is 3.41. The van der Waals surface area contributed by atoms with Crippen LogP contribution in [-0.2, 0) is 63.8 Å². The van der Waals surface area contributed by atoms with E-state index in [-0.39, 0.29) is 52.1 Å². The molecule has 2 aliphatic rings. The molecule has 0 spiro atoms. The first-order valence-electron chi connectivity index (χ1n) is 11.3. The van der Waals surface area contributed by atoms with Crippen LogP contribution < -0.4 is 0 Å². The second kappa shape index (κ2) is 10.4. The molecular formula is C24H28Br2O8. The van der Waals surface area contributed by atoms with Crippen molar-refractivity contribution in [2.24, 2.45) is 10.8 Å². The van der Waals surface area contributed by atoms with Gasteiger partial charge in [-0.1, -0.05) is 31.9 Å². The van der Waals surface area contributed by atoms with E-state index >= 15 is 0 Å². The summed E-state index contributed by atoms with van der Waals surface area (Å²) in [6.45, 7) is 7.28. The van der Waals surface area contributed by atoms with Crippen LogP contribution in [0.3, 0.4) is 0 Å². The van der Waals surface area contributed by atoms with Gasteiger partial charge in [-0.2, -0.15) is 0 Å². The average molecular weight is 604 g/mol. The first kappa shape index (κ1) is 26.7. The number of halogens is 2. The minimum atomic E-state index is -1.49. The van der Waals surface area contributed by atoms with Gasteiger partial charge in [-0.3, -0.25) is 19.2 Å². The van der Waals surface area contributed by atoms with Crippen LogP contribution in [0.2, 0.25) is 0 Å². The maximum atomic E-state index is 13.0. The van der Waals surface area contributed by atoms with Crippen molar-refractivity contribution < 1.29 is 38.1 Å². The number of carbonyl (C=O) groups excluding carboxylic acids is 4. The second-order valence-electron chi connectivity index (χ2n) is 8.30. The summed E-state index contributed by atoms with van der Waals surface area (Å²) in [5.74, 6) is -2.51. The molecule has 0 amide bonds. The van der Waals surface area contributed by atoms with Gasteiger partial charge in [0.15, 0.2) is 10.8 Å². The molecule has 1 aromatic carbocycles. The number of hydrogen-bond donors (Lipinski definition) is 0. The number of hydrogen-bond acceptors (Lipinski definition) is 8. The van der Waals surface area contributed by atoms with Crippen LogP contribution in [0.1, 0.15) is 49.9 Å². The zero-order valence-corrected chi connectivity index (χ0v) is 22.9. The summed E-state index contributed by atoms with van der Waals surface area (Å²) in [6.07, 6.45) is 0.326. The summed E-state index contributed by atoms with van der Waals surface area (Å²) in [6, 6.07) is 0. The summed E-state index contributed by atoms with van der Waals surface area (Å²) in [5, 5.41) is 0. The summed E-state index contributed by atoms with van der Waals surface area (Å²) in [5.41, 5.74) is -0.00201. The Hall–Kier alpha value is -1.94. The Morgan fingerprint density at radius 3 is 0.941 bits per heavy atom. The van der Waals surface area contributed by atoms with E-state index in [1.807, 2.05) is 0 Å². The van der Waals surface area contributed by atoms with Crippen molar-refractivity contribution in [2.45, 2.75) is 53.4 Å². The van der Waals surface area contributed by atoms with Crippen molar-refractivity contribution in [3.63, 3.8) is 0 Å². The number of ether oxygens (including phenoxy) is 4. The number of esters is 4. The molecule has 0 radical (unpaired) electrons. The molecule has 0 bridgehead atoms. The Morgan fingerprint density at radius 2 is 0.765 bits per heavy atom. The van der Waals surface area contributed by atoms with E-state index in [1.54, 1.807) is 27.7 Å². The molecule has 2 aliphatic carbocycles. The second-order valence-corrected chi connectivity index (χ2v) is 9.88. The highest BCUT2D eigenvalue weighted by molar-refractivity contribution is 9.11. The number of benzene rings is 1. The number of rotatable bonds is 8. The summed E-state index contributed by atoms with van der Waals surface area (Å²) < 4.78 is 22.4. The molecule has 8 nitrogen and oxygen atoms in total. The lowest BCUT2D eigenvalue weighted by molar-refractivity contribution is -0.172. The van der Waals surface area contributed by atoms with Crippen LogP contribution in [0, 0.1) is 10.8 Å². The Balaban J connectivity index is 2.10. The highest BCUT2D eigenvalue weighted by Gasteiger charge is 2.58. The van der Waals surface area contributed by atoms with Crippen molar-refractivity contribution >= 4 is 55.7 Å². The Kier molecular flexibility index (Phi) is 8.12. The van der Waals surface area contributed by atoms with Gasteiger partial charge >= 0.3 is 23.9 Å². The summed E-state index contributed by atoms with van der Waals surface area (Å²) in [4.78, 5) is 51.9. The minimum absolute atomic E-state index is 0.0816. The van der Waals surface area contributed by atoms with Gasteiger partial charge < -0.3 is 18.9 Å². The van der Waals surface area contributed by atoms with Crippen LogP contribution in [0.5, 0.6) is 0 Å². The van der Waals surface area contributed by atoms with Crippen molar-refractivity contribution in [3.8, 4) is 0 Å². The molecule has 10 heteroatoms. The van der Waals surface area contributed by atoms with Gasteiger partial charge in [0.2, 0.25) is 0 Å². The molecule has 0 atom stereocenters. The number of fused-ring (bicyclic) bond motifs is 2. The Labute approximate surface area is 215 Å². The maximum absolute atomic E-state index is 13.0. The third kappa shape index (κ3) is 4.17. The van der Waals surface area contributed by atoms with E-state index in [4.69, 9.17) is 18.9 Å². The lowest BCUT2D eigenvalue weighted by atomic mass is 9.83. The minimum Gasteiger partial charge on any atom is -0.465 e. The molecule has 34 heavy (non-hydrogen) atoms. The number of carbonyl (C=O) groups is 4. The fraction of sp³-hybridized carbons (Fsp3) is 0.583. The van der Waals surface area contributed by atoms with Crippen LogP contribution in [-0.4, -0.2) is 50.3 Å². The van der Waals surface area contributed by atoms with E-state index in [9.17, 15) is 19.2 Å². The first-order chi connectivity index (χ1) is 16.1. The highest BCUT2D eigenvalue weighted by Crippen LogP contribution is 2.53. The smallest absolute Gasteiger partial charge is 0.324 e. The van der Waals surface area contributed by atoms with Gasteiger partial charge in [0.1, 0.15) is 0 Å². The molecule has 0 aliphatic heterocycles. The van der Waals surface area contributed by atoms with E-state index in [0.717, 1.165) is 22.3 Å². The first-order valence-corrected chi connectivity index (χ1v) is 12.9. The predicted octanol–water partition coefficient (Wildman–Crippen LogP) is 3.63. The predicted molar refractivity (Wildman–Crippen MR) is 128 cm³/mol. The zero-order chi connectivity index (χ0) is 25.3. The molecule has 0 aromatic heterocycles. The lowest BCUT2D eigenvalue weighted by Crippen LogP contribution is -2.43. The fourth-order valence-electron chi connectivity index (χ4n) is 4.78. The summed E-state index contributed by atoms with van der Waals surface area (Å²) in [7, 11) is 0. The SMILES string of the molecule is CCOC(=O)C1(C(=O)OCC)Cc2c(Br)c3c(c(Br)c2C1)CC(C(=O)OCC)(C(=O)OCC)C3. The lowest BCUT2D eigenvalue weighted by Gasteiger charge is -2.25. The van der Waals surface area contributed by atoms with Gasteiger partial charge in [-0.05, 0) is 49.9 Å². The third-order valence-corrected chi connectivity index (χ3v) is 8.28. The van der Waals surface area contributed by atoms with Gasteiger partial charge in [0, 0.05) is 34.6 Å². The van der Waals surface area contributed by atoms with E-state index < -0.39 is 34.7 Å². The van der Waals surface area contributed by atoms with E-state index in [2.05, 4.69) is 31.9 Å². The van der Waals surface area contributed by atoms with Crippen molar-refractivity contribution in [2.75, 3.05) is 26.4 Å². The van der Waals surface area contributed by atoms with E-state index in [1.165, 1.54) is 0 Å². The standard InChI is InChI=1S/C24H28Br2O8/c1-5-31-19(27)23(20(28)32-6-2)9-13-14(10-23)18(26)16-12-24(21(29)33-7-3,22(30)34-8-4)11-15(16)17(13)25/h5-12H2,1-4H3. The molecule has 0 fully saturated rings. The van der Waals surface area contributed by atoms with Crippen LogP contribution >= 0.6 is 31.9 Å². The van der Waals surface area contributed by atoms with Gasteiger partial charge in [0.25, 0.3) is 0 Å². The summed E-state index contributed by atoms with van der Waals surface area (Å²) >= 11 is 7.29. The van der Waals surface area contributed by atoms with Crippen molar-refractivity contribution in [3.05, 3.63) is 31.2 Å². The van der Waals surface area contributed by atoms with E-state index in [0.29, 0.717) is 8.95 Å². The van der Waals surface area contributed by atoms with Crippen molar-refractivity contribution in [1.29, 1.82) is 0 Å². The molecule has 0 heterocycles. The third-order valence-electron chi connectivity index (χ3n) is 6.37. The molecule has 1 aromatic rings. The largest absolute Gasteiger partial charge is 0.465 e. The monoisotopic (exact) mass is 602 g/mol. The molecule has 186 valence electrons. The van der Waals surface area contributed by atoms with Gasteiger partial charge in [0.05, 0.1) is 26.4 Å². The van der Waals surface area contributed by atoms with Crippen LogP contribution in [0.15, 0.2) is 8.95 Å². The molecule has 3 rings (SSSR count). The van der Waals surface area contributed by atoms with Crippen molar-refractivity contribution in [1.82, 2.24) is 0 Å². The van der Waals surface area contributed by atoms with Gasteiger partial charge in [-0.25, -0.2) is 0 Å². The molecule has 0 unspecified atom stereocenters. The maximum Gasteiger partial charge on any atom is 0.324 e. The molecule has 0 saturated carbocycles. The quantitative estimate of drug-likeness (QED) is 0.252. The van der Waals surface area contributed by atoms with Crippen LogP contribution in [0.25, 0.3) is 0 Å². The highest BCUT2D eigenvalue weighted by atomic mass is 79.9. The molecular weight excluding hydrogens is 576 g/mol. The van der Waals surface area contributed by atoms with Crippen LogP contribution in [0.4, 0.5) is 0 Å². The molecule has 0 saturated heterocycles. The molecule has 0 N–H and O–H groups in total. The normalized spacial score (nSPS) is 16.9. The van der Waals surface area contributed by atoms with Gasteiger partial charge in [-0.15, -0.1) is 0 Å². The Morgan fingerprint density at radius 1 is 0.559 bits per heavy atom. The zero-order valence-electron chi connectivity index (χ0n) is 19.7. The Bertz CT molecular complexity index is 874. The fourth-order valence-corrected chi connectivity index (χ4v) is 6.30.